The third kappa shape index (κ3) is 6.50. The Labute approximate surface area is 190 Å². The predicted molar refractivity (Wildman–Crippen MR) is 129 cm³/mol. The molecule has 0 bridgehead atoms. The number of rotatable bonds is 10. The molecule has 0 radical (unpaired) electrons. The Morgan fingerprint density at radius 2 is 1.71 bits per heavy atom. The van der Waals surface area contributed by atoms with Gasteiger partial charge in [0.25, 0.3) is 10.0 Å². The van der Waals surface area contributed by atoms with Gasteiger partial charge in [-0.05, 0) is 48.6 Å². The van der Waals surface area contributed by atoms with Crippen molar-refractivity contribution < 1.29 is 13.2 Å². The zero-order chi connectivity index (χ0) is 22.3. The molecule has 5 nitrogen and oxygen atoms in total. The van der Waals surface area contributed by atoms with E-state index in [1.165, 1.54) is 30.0 Å². The lowest BCUT2D eigenvalue weighted by Gasteiger charge is -2.24. The maximum Gasteiger partial charge on any atom is 0.264 e. The molecule has 7 heteroatoms. The number of benzene rings is 2. The van der Waals surface area contributed by atoms with Crippen molar-refractivity contribution in [2.45, 2.75) is 55.6 Å². The minimum absolute atomic E-state index is 0.174. The standard InChI is InChI=1S/C24H32N2O3S2/c1-19(2)20-12-14-21(15-13-20)26(31(28,29)23-10-4-3-5-11-23)18-24(27)25-16-17-30-22-8-6-7-9-22/h3-5,10-15,19,22H,6-9,16-18H2,1-2H3,(H,25,27). The van der Waals surface area contributed by atoms with Crippen molar-refractivity contribution in [1.29, 1.82) is 0 Å². The summed E-state index contributed by atoms with van der Waals surface area (Å²) in [7, 11) is -3.86. The second-order valence-electron chi connectivity index (χ2n) is 8.20. The van der Waals surface area contributed by atoms with E-state index in [-0.39, 0.29) is 17.3 Å². The van der Waals surface area contributed by atoms with Crippen LogP contribution in [0.2, 0.25) is 0 Å². The monoisotopic (exact) mass is 460 g/mol. The quantitative estimate of drug-likeness (QED) is 0.517. The highest BCUT2D eigenvalue weighted by Gasteiger charge is 2.27. The van der Waals surface area contributed by atoms with Gasteiger partial charge in [-0.3, -0.25) is 9.10 Å². The molecule has 2 aromatic carbocycles. The van der Waals surface area contributed by atoms with Gasteiger partial charge in [0.15, 0.2) is 0 Å². The van der Waals surface area contributed by atoms with Gasteiger partial charge in [-0.15, -0.1) is 0 Å². The Balaban J connectivity index is 1.71. The second kappa shape index (κ2) is 11.0. The van der Waals surface area contributed by atoms with Crippen LogP contribution in [0, 0.1) is 0 Å². The van der Waals surface area contributed by atoms with E-state index in [4.69, 9.17) is 0 Å². The Hall–Kier alpha value is -1.99. The van der Waals surface area contributed by atoms with Crippen LogP contribution in [0.1, 0.15) is 51.0 Å². The van der Waals surface area contributed by atoms with E-state index in [9.17, 15) is 13.2 Å². The Bertz CT molecular complexity index is 939. The number of nitrogens with zero attached hydrogens (tertiary/aromatic N) is 1. The minimum atomic E-state index is -3.86. The fraction of sp³-hybridized carbons (Fsp3) is 0.458. The van der Waals surface area contributed by atoms with Gasteiger partial charge in [0.05, 0.1) is 10.6 Å². The summed E-state index contributed by atoms with van der Waals surface area (Å²) in [6.45, 7) is 4.48. The van der Waals surface area contributed by atoms with Crippen LogP contribution in [0.4, 0.5) is 5.69 Å². The molecule has 1 saturated carbocycles. The molecular formula is C24H32N2O3S2. The highest BCUT2D eigenvalue weighted by molar-refractivity contribution is 7.99. The molecule has 0 atom stereocenters. The van der Waals surface area contributed by atoms with Crippen molar-refractivity contribution in [2.75, 3.05) is 23.1 Å². The van der Waals surface area contributed by atoms with Crippen molar-refractivity contribution in [3.05, 3.63) is 60.2 Å². The third-order valence-corrected chi connectivity index (χ3v) is 8.72. The molecule has 0 aliphatic heterocycles. The molecule has 168 valence electrons. The maximum atomic E-state index is 13.3. The lowest BCUT2D eigenvalue weighted by Crippen LogP contribution is -2.41. The normalized spacial score (nSPS) is 14.7. The lowest BCUT2D eigenvalue weighted by molar-refractivity contribution is -0.119. The molecule has 0 heterocycles. The molecule has 0 spiro atoms. The van der Waals surface area contributed by atoms with Crippen LogP contribution >= 0.6 is 11.8 Å². The summed E-state index contributed by atoms with van der Waals surface area (Å²) in [5, 5.41) is 3.59. The van der Waals surface area contributed by atoms with Crippen LogP contribution in [0.25, 0.3) is 0 Å². The van der Waals surface area contributed by atoms with E-state index in [0.29, 0.717) is 23.4 Å². The highest BCUT2D eigenvalue weighted by atomic mass is 32.2. The van der Waals surface area contributed by atoms with Crippen molar-refractivity contribution >= 4 is 33.4 Å². The minimum Gasteiger partial charge on any atom is -0.354 e. The zero-order valence-electron chi connectivity index (χ0n) is 18.3. The van der Waals surface area contributed by atoms with Gasteiger partial charge in [0, 0.05) is 17.5 Å². The fourth-order valence-electron chi connectivity index (χ4n) is 3.72. The first-order valence-corrected chi connectivity index (χ1v) is 13.4. The predicted octanol–water partition coefficient (Wildman–Crippen LogP) is 4.80. The molecule has 1 N–H and O–H groups in total. The number of carbonyl (C=O) groups is 1. The van der Waals surface area contributed by atoms with E-state index in [1.807, 2.05) is 23.9 Å². The van der Waals surface area contributed by atoms with Gasteiger partial charge in [-0.25, -0.2) is 8.42 Å². The van der Waals surface area contributed by atoms with Crippen molar-refractivity contribution in [3.8, 4) is 0 Å². The average molecular weight is 461 g/mol. The Morgan fingerprint density at radius 3 is 2.32 bits per heavy atom. The summed E-state index contributed by atoms with van der Waals surface area (Å²) in [6, 6.07) is 15.7. The second-order valence-corrected chi connectivity index (χ2v) is 11.5. The molecular weight excluding hydrogens is 428 g/mol. The third-order valence-electron chi connectivity index (χ3n) is 5.55. The SMILES string of the molecule is CC(C)c1ccc(N(CC(=O)NCCSC2CCCC2)S(=O)(=O)c2ccccc2)cc1. The molecule has 0 saturated heterocycles. The fourth-order valence-corrected chi connectivity index (χ4v) is 6.38. The van der Waals surface area contributed by atoms with Gasteiger partial charge in [-0.2, -0.15) is 11.8 Å². The number of sulfonamides is 1. The number of carbonyl (C=O) groups excluding carboxylic acids is 1. The first kappa shape index (κ1) is 23.7. The highest BCUT2D eigenvalue weighted by Crippen LogP contribution is 2.29. The molecule has 1 aliphatic rings. The van der Waals surface area contributed by atoms with Gasteiger partial charge in [0.2, 0.25) is 5.91 Å². The smallest absolute Gasteiger partial charge is 0.264 e. The summed E-state index contributed by atoms with van der Waals surface area (Å²) in [5.74, 6) is 0.902. The maximum absolute atomic E-state index is 13.3. The first-order valence-electron chi connectivity index (χ1n) is 10.9. The van der Waals surface area contributed by atoms with E-state index in [2.05, 4.69) is 19.2 Å². The number of nitrogens with one attached hydrogen (secondary N) is 1. The summed E-state index contributed by atoms with van der Waals surface area (Å²) in [5.41, 5.74) is 1.61. The van der Waals surface area contributed by atoms with E-state index >= 15 is 0 Å². The van der Waals surface area contributed by atoms with E-state index in [1.54, 1.807) is 42.5 Å². The van der Waals surface area contributed by atoms with Crippen molar-refractivity contribution in [3.63, 3.8) is 0 Å². The molecule has 1 amide bonds. The summed E-state index contributed by atoms with van der Waals surface area (Å²) in [6.07, 6.45) is 5.11. The molecule has 3 rings (SSSR count). The Kier molecular flexibility index (Phi) is 8.43. The molecule has 1 fully saturated rings. The zero-order valence-corrected chi connectivity index (χ0v) is 19.9. The number of anilines is 1. The van der Waals surface area contributed by atoms with Gasteiger partial charge in [-0.1, -0.05) is 57.0 Å². The van der Waals surface area contributed by atoms with Gasteiger partial charge >= 0.3 is 0 Å². The summed E-state index contributed by atoms with van der Waals surface area (Å²) < 4.78 is 27.9. The number of hydrogen-bond acceptors (Lipinski definition) is 4. The molecule has 0 aromatic heterocycles. The van der Waals surface area contributed by atoms with Crippen molar-refractivity contribution in [1.82, 2.24) is 5.32 Å². The van der Waals surface area contributed by atoms with E-state index < -0.39 is 10.0 Å². The topological polar surface area (TPSA) is 66.5 Å². The Morgan fingerprint density at radius 1 is 1.06 bits per heavy atom. The van der Waals surface area contributed by atoms with Crippen LogP contribution in [0.15, 0.2) is 59.5 Å². The van der Waals surface area contributed by atoms with Crippen LogP contribution in [-0.4, -0.2) is 38.4 Å². The number of thioether (sulfide) groups is 1. The molecule has 31 heavy (non-hydrogen) atoms. The van der Waals surface area contributed by atoms with Gasteiger partial charge in [0.1, 0.15) is 6.54 Å². The van der Waals surface area contributed by atoms with E-state index in [0.717, 1.165) is 11.3 Å². The molecule has 0 unspecified atom stereocenters. The molecule has 2 aromatic rings. The van der Waals surface area contributed by atoms with Crippen LogP contribution in [0.3, 0.4) is 0 Å². The summed E-state index contributed by atoms with van der Waals surface area (Å²) >= 11 is 1.90. The van der Waals surface area contributed by atoms with Gasteiger partial charge < -0.3 is 5.32 Å². The van der Waals surface area contributed by atoms with Crippen LogP contribution < -0.4 is 9.62 Å². The van der Waals surface area contributed by atoms with Crippen molar-refractivity contribution in [2.24, 2.45) is 0 Å². The average Bonchev–Trinajstić information content (AvgIpc) is 3.29. The number of hydrogen-bond donors (Lipinski definition) is 1. The molecule has 1 aliphatic carbocycles. The lowest BCUT2D eigenvalue weighted by atomic mass is 10.0. The largest absolute Gasteiger partial charge is 0.354 e. The summed E-state index contributed by atoms with van der Waals surface area (Å²) in [4.78, 5) is 12.8. The van der Waals surface area contributed by atoms with Crippen LogP contribution in [-0.2, 0) is 14.8 Å². The first-order chi connectivity index (χ1) is 14.9. The van der Waals surface area contributed by atoms with Crippen LogP contribution in [0.5, 0.6) is 0 Å². The number of amides is 1.